The number of aromatic amines is 1. The van der Waals surface area contributed by atoms with Crippen LogP contribution in [0.1, 0.15) is 38.3 Å². The monoisotopic (exact) mass is 283 g/mol. The maximum atomic E-state index is 12.2. The minimum absolute atomic E-state index is 0.0351. The van der Waals surface area contributed by atoms with Crippen LogP contribution in [0.15, 0.2) is 17.2 Å². The van der Waals surface area contributed by atoms with Gasteiger partial charge in [-0.3, -0.25) is 0 Å². The van der Waals surface area contributed by atoms with Gasteiger partial charge in [-0.05, 0) is 44.6 Å². The predicted molar refractivity (Wildman–Crippen MR) is 73.2 cm³/mol. The van der Waals surface area contributed by atoms with Crippen LogP contribution in [0, 0.1) is 5.92 Å². The first-order chi connectivity index (χ1) is 9.04. The van der Waals surface area contributed by atoms with E-state index in [0.717, 1.165) is 18.5 Å². The zero-order chi connectivity index (χ0) is 13.5. The molecule has 1 aromatic rings. The Labute approximate surface area is 114 Å². The number of hydrogen-bond donors (Lipinski definition) is 3. The highest BCUT2D eigenvalue weighted by Gasteiger charge is 2.31. The first kappa shape index (κ1) is 13.1. The topological polar surface area (TPSA) is 74.0 Å². The molecular weight excluding hydrogens is 262 g/mol. The SMILES string of the molecule is CC(NS(=O)(=O)c1c[nH]c(CNC2CC2)c1)C1CC1. The summed E-state index contributed by atoms with van der Waals surface area (Å²) in [5.74, 6) is 0.518. The molecule has 2 aliphatic rings. The summed E-state index contributed by atoms with van der Waals surface area (Å²) >= 11 is 0. The van der Waals surface area contributed by atoms with E-state index in [-0.39, 0.29) is 6.04 Å². The highest BCUT2D eigenvalue weighted by atomic mass is 32.2. The minimum atomic E-state index is -3.38. The molecule has 2 fully saturated rings. The molecule has 0 spiro atoms. The van der Waals surface area contributed by atoms with Gasteiger partial charge in [0.05, 0.1) is 4.90 Å². The Morgan fingerprint density at radius 2 is 2.11 bits per heavy atom. The molecule has 3 rings (SSSR count). The fraction of sp³-hybridized carbons (Fsp3) is 0.692. The molecule has 1 aromatic heterocycles. The van der Waals surface area contributed by atoms with Crippen molar-refractivity contribution in [2.45, 2.75) is 56.1 Å². The van der Waals surface area contributed by atoms with Crippen molar-refractivity contribution in [3.8, 4) is 0 Å². The van der Waals surface area contributed by atoms with Crippen LogP contribution in [0.5, 0.6) is 0 Å². The number of nitrogens with one attached hydrogen (secondary N) is 3. The fourth-order valence-electron chi connectivity index (χ4n) is 2.22. The maximum Gasteiger partial charge on any atom is 0.242 e. The van der Waals surface area contributed by atoms with E-state index in [9.17, 15) is 8.42 Å². The predicted octanol–water partition coefficient (Wildman–Crippen LogP) is 1.34. The standard InChI is InChI=1S/C13H21N3O2S/c1-9(10-2-3-10)16-19(17,18)13-6-12(15-8-13)7-14-11-4-5-11/h6,8-11,14-16H,2-5,7H2,1H3. The van der Waals surface area contributed by atoms with Crippen molar-refractivity contribution in [2.75, 3.05) is 0 Å². The molecule has 0 aromatic carbocycles. The number of sulfonamides is 1. The molecule has 0 aliphatic heterocycles. The third kappa shape index (κ3) is 3.38. The van der Waals surface area contributed by atoms with Crippen molar-refractivity contribution in [2.24, 2.45) is 5.92 Å². The average molecular weight is 283 g/mol. The van der Waals surface area contributed by atoms with E-state index in [1.54, 1.807) is 12.3 Å². The summed E-state index contributed by atoms with van der Waals surface area (Å²) in [5.41, 5.74) is 0.923. The van der Waals surface area contributed by atoms with Gasteiger partial charge in [0.1, 0.15) is 0 Å². The summed E-state index contributed by atoms with van der Waals surface area (Å²) < 4.78 is 27.1. The first-order valence-corrected chi connectivity index (χ1v) is 8.46. The lowest BCUT2D eigenvalue weighted by Crippen LogP contribution is -2.33. The molecule has 2 aliphatic carbocycles. The van der Waals surface area contributed by atoms with Gasteiger partial charge in [-0.15, -0.1) is 0 Å². The second kappa shape index (κ2) is 4.92. The van der Waals surface area contributed by atoms with Crippen LogP contribution in [-0.4, -0.2) is 25.5 Å². The average Bonchev–Trinajstić information content (AvgIpc) is 3.25. The zero-order valence-corrected chi connectivity index (χ0v) is 12.0. The maximum absolute atomic E-state index is 12.2. The molecule has 3 N–H and O–H groups in total. The van der Waals surface area contributed by atoms with Crippen LogP contribution in [0.4, 0.5) is 0 Å². The van der Waals surface area contributed by atoms with Gasteiger partial charge in [-0.25, -0.2) is 13.1 Å². The molecule has 1 unspecified atom stereocenters. The molecule has 0 radical (unpaired) electrons. The number of hydrogen-bond acceptors (Lipinski definition) is 3. The molecule has 0 saturated heterocycles. The van der Waals surface area contributed by atoms with Gasteiger partial charge in [0, 0.05) is 30.5 Å². The van der Waals surface area contributed by atoms with Crippen LogP contribution < -0.4 is 10.0 Å². The molecule has 1 heterocycles. The summed E-state index contributed by atoms with van der Waals surface area (Å²) in [4.78, 5) is 3.37. The van der Waals surface area contributed by atoms with Gasteiger partial charge in [0.2, 0.25) is 10.0 Å². The normalized spacial score (nSPS) is 21.5. The summed E-state index contributed by atoms with van der Waals surface area (Å²) in [7, 11) is -3.38. The summed E-state index contributed by atoms with van der Waals surface area (Å²) in [6.45, 7) is 2.65. The smallest absolute Gasteiger partial charge is 0.242 e. The second-order valence-corrected chi connectivity index (χ2v) is 7.48. The van der Waals surface area contributed by atoms with Crippen molar-refractivity contribution in [1.82, 2.24) is 15.0 Å². The Kier molecular flexibility index (Phi) is 3.41. The molecule has 0 bridgehead atoms. The molecule has 0 amide bonds. The van der Waals surface area contributed by atoms with Gasteiger partial charge in [0.25, 0.3) is 0 Å². The number of rotatable bonds is 7. The Hall–Kier alpha value is -0.850. The molecule has 19 heavy (non-hydrogen) atoms. The number of H-pyrrole nitrogens is 1. The van der Waals surface area contributed by atoms with E-state index in [0.29, 0.717) is 23.4 Å². The minimum Gasteiger partial charge on any atom is -0.363 e. The Bertz CT molecular complexity index is 544. The van der Waals surface area contributed by atoms with Gasteiger partial charge >= 0.3 is 0 Å². The molecule has 1 atom stereocenters. The van der Waals surface area contributed by atoms with Gasteiger partial charge in [0.15, 0.2) is 0 Å². The van der Waals surface area contributed by atoms with Crippen LogP contribution in [0.25, 0.3) is 0 Å². The lowest BCUT2D eigenvalue weighted by Gasteiger charge is -2.11. The van der Waals surface area contributed by atoms with Crippen LogP contribution >= 0.6 is 0 Å². The molecule has 5 nitrogen and oxygen atoms in total. The largest absolute Gasteiger partial charge is 0.363 e. The highest BCUT2D eigenvalue weighted by molar-refractivity contribution is 7.89. The Morgan fingerprint density at radius 3 is 2.74 bits per heavy atom. The summed E-state index contributed by atoms with van der Waals surface area (Å²) in [6, 6.07) is 2.38. The molecule has 2 saturated carbocycles. The van der Waals surface area contributed by atoms with Crippen molar-refractivity contribution in [3.05, 3.63) is 18.0 Å². The Morgan fingerprint density at radius 1 is 1.37 bits per heavy atom. The summed E-state index contributed by atoms with van der Waals surface area (Å²) in [5, 5.41) is 3.36. The van der Waals surface area contributed by atoms with Gasteiger partial charge in [-0.1, -0.05) is 0 Å². The van der Waals surface area contributed by atoms with Crippen molar-refractivity contribution < 1.29 is 8.42 Å². The lowest BCUT2D eigenvalue weighted by molar-refractivity contribution is 0.538. The first-order valence-electron chi connectivity index (χ1n) is 6.97. The highest BCUT2D eigenvalue weighted by Crippen LogP contribution is 2.33. The van der Waals surface area contributed by atoms with E-state index in [1.165, 1.54) is 12.8 Å². The molecular formula is C13H21N3O2S. The molecule has 6 heteroatoms. The Balaban J connectivity index is 1.62. The number of aromatic nitrogens is 1. The van der Waals surface area contributed by atoms with E-state index in [2.05, 4.69) is 15.0 Å². The second-order valence-electron chi connectivity index (χ2n) is 5.76. The van der Waals surface area contributed by atoms with Crippen LogP contribution in [0.3, 0.4) is 0 Å². The van der Waals surface area contributed by atoms with Crippen molar-refractivity contribution in [1.29, 1.82) is 0 Å². The lowest BCUT2D eigenvalue weighted by atomic mass is 10.2. The van der Waals surface area contributed by atoms with E-state index >= 15 is 0 Å². The van der Waals surface area contributed by atoms with Crippen molar-refractivity contribution in [3.63, 3.8) is 0 Å². The third-order valence-electron chi connectivity index (χ3n) is 3.86. The van der Waals surface area contributed by atoms with Crippen LogP contribution in [0.2, 0.25) is 0 Å². The van der Waals surface area contributed by atoms with E-state index in [4.69, 9.17) is 0 Å². The third-order valence-corrected chi connectivity index (χ3v) is 5.39. The fourth-order valence-corrected chi connectivity index (χ4v) is 3.55. The summed E-state index contributed by atoms with van der Waals surface area (Å²) in [6.07, 6.45) is 6.30. The van der Waals surface area contributed by atoms with Crippen LogP contribution in [-0.2, 0) is 16.6 Å². The molecule has 106 valence electrons. The zero-order valence-electron chi connectivity index (χ0n) is 11.1. The quantitative estimate of drug-likeness (QED) is 0.707. The van der Waals surface area contributed by atoms with E-state index in [1.807, 2.05) is 6.92 Å². The van der Waals surface area contributed by atoms with Gasteiger partial charge < -0.3 is 10.3 Å². The van der Waals surface area contributed by atoms with Crippen molar-refractivity contribution >= 4 is 10.0 Å². The van der Waals surface area contributed by atoms with Gasteiger partial charge in [-0.2, -0.15) is 0 Å². The van der Waals surface area contributed by atoms with E-state index < -0.39 is 10.0 Å².